The molecule has 0 bridgehead atoms. The molecule has 0 radical (unpaired) electrons. The van der Waals surface area contributed by atoms with Crippen LogP contribution in [0.25, 0.3) is 10.6 Å². The number of aromatic nitrogens is 2. The SMILES string of the molecule is Brc1ccc(-c2nnc(CCNC3CC3)s2)c(Br)c1. The highest BCUT2D eigenvalue weighted by atomic mass is 79.9. The first-order chi connectivity index (χ1) is 9.22. The molecule has 3 nitrogen and oxygen atoms in total. The van der Waals surface area contributed by atoms with Gasteiger partial charge in [0.25, 0.3) is 0 Å². The quantitative estimate of drug-likeness (QED) is 0.820. The third-order valence-electron chi connectivity index (χ3n) is 2.98. The van der Waals surface area contributed by atoms with Crippen molar-refractivity contribution in [1.82, 2.24) is 15.5 Å². The van der Waals surface area contributed by atoms with Crippen LogP contribution in [0.1, 0.15) is 17.8 Å². The molecule has 1 N–H and O–H groups in total. The summed E-state index contributed by atoms with van der Waals surface area (Å²) in [6.45, 7) is 1.00. The van der Waals surface area contributed by atoms with E-state index in [-0.39, 0.29) is 0 Å². The molecule has 19 heavy (non-hydrogen) atoms. The highest BCUT2D eigenvalue weighted by Crippen LogP contribution is 2.32. The Morgan fingerprint density at radius 2 is 2.11 bits per heavy atom. The van der Waals surface area contributed by atoms with E-state index in [0.29, 0.717) is 0 Å². The summed E-state index contributed by atoms with van der Waals surface area (Å²) < 4.78 is 2.10. The number of hydrogen-bond acceptors (Lipinski definition) is 4. The van der Waals surface area contributed by atoms with Crippen LogP contribution < -0.4 is 5.32 Å². The Balaban J connectivity index is 1.68. The van der Waals surface area contributed by atoms with Crippen molar-refractivity contribution < 1.29 is 0 Å². The number of nitrogens with zero attached hydrogens (tertiary/aromatic N) is 2. The second-order valence-corrected chi connectivity index (χ2v) is 7.44. The lowest BCUT2D eigenvalue weighted by Crippen LogP contribution is -2.19. The normalized spacial score (nSPS) is 14.8. The van der Waals surface area contributed by atoms with Crippen LogP contribution in [0.4, 0.5) is 0 Å². The molecule has 6 heteroatoms. The van der Waals surface area contributed by atoms with Gasteiger partial charge in [-0.1, -0.05) is 43.2 Å². The van der Waals surface area contributed by atoms with Crippen molar-refractivity contribution >= 4 is 43.2 Å². The van der Waals surface area contributed by atoms with Gasteiger partial charge in [0.05, 0.1) is 0 Å². The van der Waals surface area contributed by atoms with Gasteiger partial charge in [0, 0.05) is 33.5 Å². The molecule has 1 saturated carbocycles. The van der Waals surface area contributed by atoms with Gasteiger partial charge >= 0.3 is 0 Å². The van der Waals surface area contributed by atoms with E-state index < -0.39 is 0 Å². The van der Waals surface area contributed by atoms with E-state index in [9.17, 15) is 0 Å². The smallest absolute Gasteiger partial charge is 0.148 e. The van der Waals surface area contributed by atoms with Gasteiger partial charge in [0.15, 0.2) is 0 Å². The zero-order valence-electron chi connectivity index (χ0n) is 10.2. The van der Waals surface area contributed by atoms with Gasteiger partial charge < -0.3 is 5.32 Å². The van der Waals surface area contributed by atoms with Crippen LogP contribution in [0.2, 0.25) is 0 Å². The molecule has 1 aromatic carbocycles. The van der Waals surface area contributed by atoms with Crippen LogP contribution in [-0.2, 0) is 6.42 Å². The molecule has 1 aromatic heterocycles. The van der Waals surface area contributed by atoms with Crippen LogP contribution in [0, 0.1) is 0 Å². The zero-order chi connectivity index (χ0) is 13.2. The molecule has 1 heterocycles. The van der Waals surface area contributed by atoms with Crippen molar-refractivity contribution in [3.8, 4) is 10.6 Å². The third-order valence-corrected chi connectivity index (χ3v) is 5.14. The zero-order valence-corrected chi connectivity index (χ0v) is 14.2. The maximum atomic E-state index is 4.29. The Kier molecular flexibility index (Phi) is 4.31. The number of nitrogens with one attached hydrogen (secondary N) is 1. The Labute approximate surface area is 133 Å². The third kappa shape index (κ3) is 3.62. The van der Waals surface area contributed by atoms with Crippen molar-refractivity contribution in [2.24, 2.45) is 0 Å². The van der Waals surface area contributed by atoms with Crippen molar-refractivity contribution in [2.45, 2.75) is 25.3 Å². The highest BCUT2D eigenvalue weighted by Gasteiger charge is 2.20. The lowest BCUT2D eigenvalue weighted by atomic mass is 10.2. The summed E-state index contributed by atoms with van der Waals surface area (Å²) in [6, 6.07) is 6.87. The minimum atomic E-state index is 0.757. The highest BCUT2D eigenvalue weighted by molar-refractivity contribution is 9.11. The Hall–Kier alpha value is -0.300. The predicted molar refractivity (Wildman–Crippen MR) is 85.5 cm³/mol. The Bertz CT molecular complexity index is 581. The molecular weight excluding hydrogens is 390 g/mol. The summed E-state index contributed by atoms with van der Waals surface area (Å²) in [7, 11) is 0. The molecule has 0 aliphatic heterocycles. The first-order valence-corrected chi connectivity index (χ1v) is 8.64. The van der Waals surface area contributed by atoms with E-state index in [1.165, 1.54) is 12.8 Å². The maximum Gasteiger partial charge on any atom is 0.148 e. The molecule has 0 amide bonds. The Morgan fingerprint density at radius 1 is 1.26 bits per heavy atom. The first kappa shape index (κ1) is 13.7. The lowest BCUT2D eigenvalue weighted by molar-refractivity contribution is 0.677. The van der Waals surface area contributed by atoms with Crippen LogP contribution >= 0.6 is 43.2 Å². The number of halogens is 2. The number of benzene rings is 1. The van der Waals surface area contributed by atoms with E-state index >= 15 is 0 Å². The summed E-state index contributed by atoms with van der Waals surface area (Å²) in [5, 5.41) is 14.1. The maximum absolute atomic E-state index is 4.29. The summed E-state index contributed by atoms with van der Waals surface area (Å²) in [5.74, 6) is 0. The van der Waals surface area contributed by atoms with E-state index in [0.717, 1.165) is 43.5 Å². The summed E-state index contributed by atoms with van der Waals surface area (Å²) in [5.41, 5.74) is 1.10. The largest absolute Gasteiger partial charge is 0.314 e. The van der Waals surface area contributed by atoms with Crippen molar-refractivity contribution in [1.29, 1.82) is 0 Å². The summed E-state index contributed by atoms with van der Waals surface area (Å²) in [4.78, 5) is 0. The monoisotopic (exact) mass is 401 g/mol. The summed E-state index contributed by atoms with van der Waals surface area (Å²) in [6.07, 6.45) is 3.61. The molecule has 1 fully saturated rings. The first-order valence-electron chi connectivity index (χ1n) is 6.23. The second-order valence-electron chi connectivity index (χ2n) is 4.60. The van der Waals surface area contributed by atoms with Crippen LogP contribution in [0.15, 0.2) is 27.1 Å². The molecule has 0 spiro atoms. The topological polar surface area (TPSA) is 37.8 Å². The average molecular weight is 403 g/mol. The van der Waals surface area contributed by atoms with Gasteiger partial charge in [0.2, 0.25) is 0 Å². The Morgan fingerprint density at radius 3 is 2.84 bits per heavy atom. The van der Waals surface area contributed by atoms with Gasteiger partial charge in [-0.15, -0.1) is 10.2 Å². The summed E-state index contributed by atoms with van der Waals surface area (Å²) >= 11 is 8.70. The fourth-order valence-corrected chi connectivity index (χ4v) is 4.04. The lowest BCUT2D eigenvalue weighted by Gasteiger charge is -2.00. The van der Waals surface area contributed by atoms with E-state index in [2.05, 4.69) is 53.4 Å². The molecule has 2 aromatic rings. The van der Waals surface area contributed by atoms with Crippen LogP contribution in [-0.4, -0.2) is 22.8 Å². The molecule has 0 unspecified atom stereocenters. The predicted octanol–water partition coefficient (Wildman–Crippen LogP) is 4.02. The van der Waals surface area contributed by atoms with Crippen molar-refractivity contribution in [3.05, 3.63) is 32.2 Å². The van der Waals surface area contributed by atoms with Crippen molar-refractivity contribution in [2.75, 3.05) is 6.54 Å². The van der Waals surface area contributed by atoms with Gasteiger partial charge in [0.1, 0.15) is 10.0 Å². The number of rotatable bonds is 5. The molecule has 0 saturated heterocycles. The molecule has 0 atom stereocenters. The molecule has 3 rings (SSSR count). The van der Waals surface area contributed by atoms with Gasteiger partial charge in [-0.2, -0.15) is 0 Å². The second kappa shape index (κ2) is 5.99. The molecule has 1 aliphatic rings. The number of hydrogen-bond donors (Lipinski definition) is 1. The molecular formula is C13H13Br2N3S. The fourth-order valence-electron chi connectivity index (χ4n) is 1.80. The minimum Gasteiger partial charge on any atom is -0.314 e. The van der Waals surface area contributed by atoms with Gasteiger partial charge in [-0.3, -0.25) is 0 Å². The van der Waals surface area contributed by atoms with E-state index in [4.69, 9.17) is 0 Å². The van der Waals surface area contributed by atoms with Crippen LogP contribution in [0.3, 0.4) is 0 Å². The van der Waals surface area contributed by atoms with E-state index in [1.807, 2.05) is 12.1 Å². The minimum absolute atomic E-state index is 0.757. The molecule has 1 aliphatic carbocycles. The average Bonchev–Trinajstić information content (AvgIpc) is 3.07. The van der Waals surface area contributed by atoms with Crippen molar-refractivity contribution in [3.63, 3.8) is 0 Å². The van der Waals surface area contributed by atoms with Gasteiger partial charge in [-0.25, -0.2) is 0 Å². The van der Waals surface area contributed by atoms with E-state index in [1.54, 1.807) is 11.3 Å². The fraction of sp³-hybridized carbons (Fsp3) is 0.385. The van der Waals surface area contributed by atoms with Crippen LogP contribution in [0.5, 0.6) is 0 Å². The molecule has 100 valence electrons. The van der Waals surface area contributed by atoms with Gasteiger partial charge in [-0.05, 0) is 31.0 Å². The standard InChI is InChI=1S/C13H13Br2N3S/c14-8-1-4-10(11(15)7-8)13-18-17-12(19-13)5-6-16-9-2-3-9/h1,4,7,9,16H,2-3,5-6H2.